The summed E-state index contributed by atoms with van der Waals surface area (Å²) in [5.41, 5.74) is 4.57. The summed E-state index contributed by atoms with van der Waals surface area (Å²) in [5, 5.41) is 14.3. The number of aliphatic carboxylic acids is 1. The van der Waals surface area contributed by atoms with Gasteiger partial charge in [0.25, 0.3) is 0 Å². The second kappa shape index (κ2) is 11.2. The predicted molar refractivity (Wildman–Crippen MR) is 131 cm³/mol. The van der Waals surface area contributed by atoms with Crippen LogP contribution in [0.2, 0.25) is 0 Å². The van der Waals surface area contributed by atoms with Gasteiger partial charge in [-0.15, -0.1) is 0 Å². The van der Waals surface area contributed by atoms with Gasteiger partial charge in [-0.25, -0.2) is 4.79 Å². The van der Waals surface area contributed by atoms with E-state index >= 15 is 0 Å². The lowest BCUT2D eigenvalue weighted by Gasteiger charge is -2.25. The van der Waals surface area contributed by atoms with E-state index in [4.69, 9.17) is 9.84 Å². The van der Waals surface area contributed by atoms with Crippen molar-refractivity contribution in [2.24, 2.45) is 5.41 Å². The summed E-state index contributed by atoms with van der Waals surface area (Å²) in [6, 6.07) is 16.0. The average Bonchev–Trinajstić information content (AvgIpc) is 3.09. The monoisotopic (exact) mass is 466 g/mol. The highest BCUT2D eigenvalue weighted by Crippen LogP contribution is 2.44. The number of benzene rings is 2. The highest BCUT2D eigenvalue weighted by Gasteiger charge is 2.29. The van der Waals surface area contributed by atoms with E-state index in [1.54, 1.807) is 6.92 Å². The van der Waals surface area contributed by atoms with Gasteiger partial charge in [-0.2, -0.15) is 0 Å². The Morgan fingerprint density at radius 1 is 1.00 bits per heavy atom. The van der Waals surface area contributed by atoms with E-state index in [0.717, 1.165) is 0 Å². The number of nitrogens with one attached hydrogen (secondary N) is 2. The Hall–Kier alpha value is -3.35. The third-order valence-electron chi connectivity index (χ3n) is 6.33. The minimum absolute atomic E-state index is 0.0246. The first-order valence-corrected chi connectivity index (χ1v) is 11.8. The number of carboxylic acid groups (broad SMARTS) is 1. The highest BCUT2D eigenvalue weighted by atomic mass is 16.5. The van der Waals surface area contributed by atoms with Crippen molar-refractivity contribution in [2.45, 2.75) is 58.4 Å². The third-order valence-corrected chi connectivity index (χ3v) is 6.33. The van der Waals surface area contributed by atoms with E-state index in [2.05, 4.69) is 34.9 Å². The van der Waals surface area contributed by atoms with Crippen molar-refractivity contribution in [2.75, 3.05) is 13.2 Å². The molecule has 7 nitrogen and oxygen atoms in total. The van der Waals surface area contributed by atoms with Gasteiger partial charge in [-0.05, 0) is 47.4 Å². The number of carboxylic acids is 1. The number of fused-ring (bicyclic) bond motifs is 3. The molecule has 0 saturated heterocycles. The Labute approximate surface area is 200 Å². The summed E-state index contributed by atoms with van der Waals surface area (Å²) in [7, 11) is 0. The number of ether oxygens (including phenoxy) is 1. The number of hydrogen-bond acceptors (Lipinski definition) is 4. The van der Waals surface area contributed by atoms with Gasteiger partial charge in [0.1, 0.15) is 6.61 Å². The second-order valence-electron chi connectivity index (χ2n) is 9.73. The van der Waals surface area contributed by atoms with Crippen LogP contribution in [0, 0.1) is 5.41 Å². The number of carbonyl (C=O) groups excluding carboxylic acids is 2. The van der Waals surface area contributed by atoms with Crippen molar-refractivity contribution in [1.29, 1.82) is 0 Å². The fourth-order valence-corrected chi connectivity index (χ4v) is 4.39. The highest BCUT2D eigenvalue weighted by molar-refractivity contribution is 5.79. The van der Waals surface area contributed by atoms with Crippen molar-refractivity contribution >= 4 is 18.0 Å². The zero-order valence-electron chi connectivity index (χ0n) is 20.1. The Morgan fingerprint density at radius 2 is 1.59 bits per heavy atom. The molecule has 0 fully saturated rings. The summed E-state index contributed by atoms with van der Waals surface area (Å²) >= 11 is 0. The molecule has 0 aliphatic heterocycles. The van der Waals surface area contributed by atoms with Gasteiger partial charge in [0.2, 0.25) is 5.91 Å². The van der Waals surface area contributed by atoms with Crippen molar-refractivity contribution in [3.8, 4) is 11.1 Å². The molecule has 0 unspecified atom stereocenters. The Balaban J connectivity index is 1.41. The first kappa shape index (κ1) is 25.3. The first-order chi connectivity index (χ1) is 16.2. The van der Waals surface area contributed by atoms with Crippen LogP contribution in [0.3, 0.4) is 0 Å². The predicted octanol–water partition coefficient (Wildman–Crippen LogP) is 4.70. The lowest BCUT2D eigenvalue weighted by molar-refractivity contribution is -0.137. The maximum absolute atomic E-state index is 12.3. The largest absolute Gasteiger partial charge is 0.481 e. The lowest BCUT2D eigenvalue weighted by Crippen LogP contribution is -2.35. The molecule has 0 aromatic heterocycles. The van der Waals surface area contributed by atoms with Gasteiger partial charge in [0, 0.05) is 24.9 Å². The van der Waals surface area contributed by atoms with Crippen molar-refractivity contribution in [3.05, 3.63) is 59.7 Å². The van der Waals surface area contributed by atoms with Gasteiger partial charge in [0.15, 0.2) is 0 Å². The van der Waals surface area contributed by atoms with Gasteiger partial charge >= 0.3 is 12.1 Å². The van der Waals surface area contributed by atoms with E-state index in [0.29, 0.717) is 25.8 Å². The van der Waals surface area contributed by atoms with E-state index in [1.807, 2.05) is 38.1 Å². The van der Waals surface area contributed by atoms with Crippen molar-refractivity contribution in [1.82, 2.24) is 10.6 Å². The fourth-order valence-electron chi connectivity index (χ4n) is 4.39. The van der Waals surface area contributed by atoms with Crippen LogP contribution in [-0.4, -0.2) is 42.3 Å². The molecule has 1 atom stereocenters. The van der Waals surface area contributed by atoms with E-state index < -0.39 is 18.1 Å². The van der Waals surface area contributed by atoms with Crippen molar-refractivity contribution in [3.63, 3.8) is 0 Å². The topological polar surface area (TPSA) is 105 Å². The van der Waals surface area contributed by atoms with Gasteiger partial charge < -0.3 is 20.5 Å². The smallest absolute Gasteiger partial charge is 0.407 e. The molecule has 3 N–H and O–H groups in total. The quantitative estimate of drug-likeness (QED) is 0.445. The normalized spacial score (nSPS) is 13.5. The minimum Gasteiger partial charge on any atom is -0.481 e. The molecule has 34 heavy (non-hydrogen) atoms. The molecule has 0 saturated carbocycles. The van der Waals surface area contributed by atoms with Crippen LogP contribution in [0.15, 0.2) is 48.5 Å². The van der Waals surface area contributed by atoms with Crippen LogP contribution < -0.4 is 10.6 Å². The molecule has 2 aromatic carbocycles. The Morgan fingerprint density at radius 3 is 2.18 bits per heavy atom. The SMILES string of the molecule is C[C@@H](CC(=O)O)NC(=O)CCC(C)(C)CCNC(=O)OCC1c2ccccc2-c2ccccc21. The first-order valence-electron chi connectivity index (χ1n) is 11.8. The molecular weight excluding hydrogens is 432 g/mol. The van der Waals surface area contributed by atoms with E-state index in [-0.39, 0.29) is 30.3 Å². The molecule has 0 spiro atoms. The molecule has 7 heteroatoms. The number of carbonyl (C=O) groups is 3. The maximum atomic E-state index is 12.3. The average molecular weight is 467 g/mol. The molecule has 0 heterocycles. The number of rotatable bonds is 11. The number of alkyl carbamates (subject to hydrolysis) is 1. The molecule has 2 aromatic rings. The summed E-state index contributed by atoms with van der Waals surface area (Å²) in [6.07, 6.45) is 1.08. The molecular formula is C27H34N2O5. The van der Waals surface area contributed by atoms with Crippen molar-refractivity contribution < 1.29 is 24.2 Å². The molecule has 2 amide bonds. The van der Waals surface area contributed by atoms with Crippen LogP contribution >= 0.6 is 0 Å². The van der Waals surface area contributed by atoms with Gasteiger partial charge in [-0.3, -0.25) is 9.59 Å². The number of hydrogen-bond donors (Lipinski definition) is 3. The van der Waals surface area contributed by atoms with Crippen LogP contribution in [0.25, 0.3) is 11.1 Å². The van der Waals surface area contributed by atoms with E-state index in [1.165, 1.54) is 22.3 Å². The third kappa shape index (κ3) is 6.83. The van der Waals surface area contributed by atoms with Gasteiger partial charge in [-0.1, -0.05) is 62.4 Å². The standard InChI is InChI=1S/C27H34N2O5/c1-18(16-25(31)32)29-24(30)12-13-27(2,3)14-15-28-26(33)34-17-23-21-10-6-4-8-19(21)20-9-5-7-11-22(20)23/h4-11,18,23H,12-17H2,1-3H3,(H,28,33)(H,29,30)(H,31,32)/t18-/m0/s1. The zero-order chi connectivity index (χ0) is 24.7. The lowest BCUT2D eigenvalue weighted by atomic mass is 9.84. The zero-order valence-corrected chi connectivity index (χ0v) is 20.1. The fraction of sp³-hybridized carbons (Fsp3) is 0.444. The van der Waals surface area contributed by atoms with Crippen LogP contribution in [0.1, 0.15) is 63.5 Å². The summed E-state index contributed by atoms with van der Waals surface area (Å²) in [6.45, 7) is 6.48. The minimum atomic E-state index is -0.938. The Bertz CT molecular complexity index is 988. The maximum Gasteiger partial charge on any atom is 0.407 e. The van der Waals surface area contributed by atoms with E-state index in [9.17, 15) is 14.4 Å². The molecule has 1 aliphatic carbocycles. The summed E-state index contributed by atoms with van der Waals surface area (Å²) < 4.78 is 5.57. The molecule has 0 radical (unpaired) electrons. The Kier molecular flexibility index (Phi) is 8.31. The molecule has 182 valence electrons. The summed E-state index contributed by atoms with van der Waals surface area (Å²) in [4.78, 5) is 35.1. The summed E-state index contributed by atoms with van der Waals surface area (Å²) in [5.74, 6) is -1.07. The molecule has 0 bridgehead atoms. The van der Waals surface area contributed by atoms with Crippen LogP contribution in [-0.2, 0) is 14.3 Å². The number of amides is 2. The second-order valence-corrected chi connectivity index (χ2v) is 9.73. The van der Waals surface area contributed by atoms with Crippen LogP contribution in [0.4, 0.5) is 4.79 Å². The molecule has 3 rings (SSSR count). The van der Waals surface area contributed by atoms with Crippen LogP contribution in [0.5, 0.6) is 0 Å². The molecule has 1 aliphatic rings. The van der Waals surface area contributed by atoms with Gasteiger partial charge in [0.05, 0.1) is 6.42 Å².